The van der Waals surface area contributed by atoms with E-state index in [0.717, 1.165) is 18.8 Å². The van der Waals surface area contributed by atoms with Crippen molar-refractivity contribution >= 4 is 15.5 Å². The molecule has 1 unspecified atom stereocenters. The van der Waals surface area contributed by atoms with Gasteiger partial charge in [0.2, 0.25) is 0 Å². The third kappa shape index (κ3) is 4.71. The molecule has 2 rings (SSSR count). The molecule has 0 saturated carbocycles. The normalized spacial score (nSPS) is 17.8. The Kier molecular flexibility index (Phi) is 5.65. The minimum absolute atomic E-state index is 0.145. The van der Waals surface area contributed by atoms with Crippen LogP contribution in [-0.2, 0) is 9.84 Å². The van der Waals surface area contributed by atoms with Crippen molar-refractivity contribution in [3.63, 3.8) is 0 Å². The number of nitrogens with zero attached hydrogens (tertiary/aromatic N) is 1. The van der Waals surface area contributed by atoms with Crippen molar-refractivity contribution in [1.82, 2.24) is 4.90 Å². The van der Waals surface area contributed by atoms with Gasteiger partial charge in [-0.1, -0.05) is 13.8 Å². The van der Waals surface area contributed by atoms with E-state index in [2.05, 4.69) is 17.1 Å². The number of rotatable bonds is 7. The lowest BCUT2D eigenvalue weighted by Gasteiger charge is -2.20. The van der Waals surface area contributed by atoms with E-state index in [0.29, 0.717) is 10.8 Å². The maximum atomic E-state index is 11.7. The molecule has 5 heteroatoms. The summed E-state index contributed by atoms with van der Waals surface area (Å²) in [7, 11) is -3.10. The van der Waals surface area contributed by atoms with Gasteiger partial charge in [0.05, 0.1) is 10.6 Å². The number of benzene rings is 1. The summed E-state index contributed by atoms with van der Waals surface area (Å²) in [5.74, 6) is 0.731. The smallest absolute Gasteiger partial charge is 0.178 e. The van der Waals surface area contributed by atoms with Crippen molar-refractivity contribution in [2.24, 2.45) is 5.92 Å². The second-order valence-electron chi connectivity index (χ2n) is 5.92. The van der Waals surface area contributed by atoms with E-state index < -0.39 is 9.84 Å². The third-order valence-corrected chi connectivity index (χ3v) is 5.77. The summed E-state index contributed by atoms with van der Waals surface area (Å²) < 4.78 is 23.5. The molecule has 1 aromatic rings. The molecule has 1 N–H and O–H groups in total. The summed E-state index contributed by atoms with van der Waals surface area (Å²) in [6, 6.07) is 7.08. The summed E-state index contributed by atoms with van der Waals surface area (Å²) in [5.41, 5.74) is 0.985. The molecule has 118 valence electrons. The minimum atomic E-state index is -3.10. The second kappa shape index (κ2) is 7.27. The van der Waals surface area contributed by atoms with Gasteiger partial charge >= 0.3 is 0 Å². The highest BCUT2D eigenvalue weighted by molar-refractivity contribution is 7.91. The van der Waals surface area contributed by atoms with Crippen molar-refractivity contribution in [3.8, 4) is 0 Å². The zero-order chi connectivity index (χ0) is 15.3. The molecule has 1 heterocycles. The molecule has 0 amide bonds. The van der Waals surface area contributed by atoms with E-state index >= 15 is 0 Å². The van der Waals surface area contributed by atoms with Crippen molar-refractivity contribution in [3.05, 3.63) is 24.3 Å². The molecule has 1 aromatic carbocycles. The lowest BCUT2D eigenvalue weighted by molar-refractivity contribution is 0.294. The van der Waals surface area contributed by atoms with E-state index in [-0.39, 0.29) is 5.75 Å². The predicted molar refractivity (Wildman–Crippen MR) is 87.5 cm³/mol. The maximum absolute atomic E-state index is 11.7. The van der Waals surface area contributed by atoms with Crippen LogP contribution in [0.4, 0.5) is 5.69 Å². The highest BCUT2D eigenvalue weighted by atomic mass is 32.2. The van der Waals surface area contributed by atoms with Crippen LogP contribution in [-0.4, -0.2) is 45.2 Å². The number of hydrogen-bond donors (Lipinski definition) is 1. The summed E-state index contributed by atoms with van der Waals surface area (Å²) in [6.07, 6.45) is 2.65. The molecular weight excluding hydrogens is 284 g/mol. The first-order valence-electron chi connectivity index (χ1n) is 7.80. The fourth-order valence-electron chi connectivity index (χ4n) is 2.71. The van der Waals surface area contributed by atoms with E-state index in [9.17, 15) is 8.42 Å². The van der Waals surface area contributed by atoms with Crippen LogP contribution in [0.5, 0.6) is 0 Å². The molecule has 21 heavy (non-hydrogen) atoms. The Bertz CT molecular complexity index is 534. The topological polar surface area (TPSA) is 49.4 Å². The third-order valence-electron chi connectivity index (χ3n) is 4.02. The van der Waals surface area contributed by atoms with Crippen LogP contribution in [0.2, 0.25) is 0 Å². The first-order valence-corrected chi connectivity index (χ1v) is 9.45. The molecular formula is C16H26N2O2S. The lowest BCUT2D eigenvalue weighted by Crippen LogP contribution is -2.28. The zero-order valence-corrected chi connectivity index (χ0v) is 13.8. The van der Waals surface area contributed by atoms with Gasteiger partial charge in [-0.3, -0.25) is 0 Å². The molecule has 4 nitrogen and oxygen atoms in total. The van der Waals surface area contributed by atoms with Gasteiger partial charge in [0, 0.05) is 18.8 Å². The molecule has 0 aliphatic carbocycles. The fourth-order valence-corrected chi connectivity index (χ4v) is 3.59. The Morgan fingerprint density at radius 2 is 1.81 bits per heavy atom. The maximum Gasteiger partial charge on any atom is 0.178 e. The largest absolute Gasteiger partial charge is 0.385 e. The molecule has 0 spiro atoms. The molecule has 0 bridgehead atoms. The second-order valence-corrected chi connectivity index (χ2v) is 8.20. The van der Waals surface area contributed by atoms with Crippen LogP contribution < -0.4 is 5.32 Å². The molecule has 1 fully saturated rings. The fraction of sp³-hybridized carbons (Fsp3) is 0.625. The van der Waals surface area contributed by atoms with Gasteiger partial charge in [-0.25, -0.2) is 8.42 Å². The Morgan fingerprint density at radius 1 is 1.19 bits per heavy atom. The standard InChI is InChI=1S/C16H26N2O2S/c1-3-21(19,20)16-8-6-15(7-9-16)17-12-14(2)13-18-10-4-5-11-18/h6-9,14,17H,3-5,10-13H2,1-2H3. The van der Waals surface area contributed by atoms with Gasteiger partial charge in [-0.05, 0) is 56.1 Å². The quantitative estimate of drug-likeness (QED) is 0.841. The highest BCUT2D eigenvalue weighted by Crippen LogP contribution is 2.16. The first kappa shape index (κ1) is 16.3. The van der Waals surface area contributed by atoms with Crippen LogP contribution in [0, 0.1) is 5.92 Å². The van der Waals surface area contributed by atoms with Crippen molar-refractivity contribution in [1.29, 1.82) is 0 Å². The highest BCUT2D eigenvalue weighted by Gasteiger charge is 2.14. The van der Waals surface area contributed by atoms with Crippen LogP contribution >= 0.6 is 0 Å². The van der Waals surface area contributed by atoms with E-state index in [1.54, 1.807) is 19.1 Å². The van der Waals surface area contributed by atoms with Crippen molar-refractivity contribution < 1.29 is 8.42 Å². The number of hydrogen-bond acceptors (Lipinski definition) is 4. The summed E-state index contributed by atoms with van der Waals surface area (Å²) >= 11 is 0. The number of nitrogens with one attached hydrogen (secondary N) is 1. The average Bonchev–Trinajstić information content (AvgIpc) is 2.98. The molecule has 1 aliphatic rings. The average molecular weight is 310 g/mol. The van der Waals surface area contributed by atoms with Crippen LogP contribution in [0.15, 0.2) is 29.2 Å². The number of likely N-dealkylation sites (tertiary alicyclic amines) is 1. The summed E-state index contributed by atoms with van der Waals surface area (Å²) in [5, 5.41) is 3.39. The number of anilines is 1. The van der Waals surface area contributed by atoms with Gasteiger partial charge in [-0.2, -0.15) is 0 Å². The van der Waals surface area contributed by atoms with Gasteiger partial charge < -0.3 is 10.2 Å². The van der Waals surface area contributed by atoms with Crippen LogP contribution in [0.3, 0.4) is 0 Å². The zero-order valence-electron chi connectivity index (χ0n) is 13.0. The van der Waals surface area contributed by atoms with E-state index in [1.807, 2.05) is 12.1 Å². The van der Waals surface area contributed by atoms with Gasteiger partial charge in [-0.15, -0.1) is 0 Å². The van der Waals surface area contributed by atoms with Gasteiger partial charge in [0.15, 0.2) is 9.84 Å². The molecule has 0 radical (unpaired) electrons. The molecule has 1 aliphatic heterocycles. The van der Waals surface area contributed by atoms with Crippen molar-refractivity contribution in [2.75, 3.05) is 37.2 Å². The molecule has 1 atom stereocenters. The Morgan fingerprint density at radius 3 is 2.38 bits per heavy atom. The van der Waals surface area contributed by atoms with Crippen LogP contribution in [0.1, 0.15) is 26.7 Å². The minimum Gasteiger partial charge on any atom is -0.385 e. The first-order chi connectivity index (χ1) is 10.0. The van der Waals surface area contributed by atoms with Crippen molar-refractivity contribution in [2.45, 2.75) is 31.6 Å². The Hall–Kier alpha value is -1.07. The monoisotopic (exact) mass is 310 g/mol. The molecule has 0 aromatic heterocycles. The molecule has 1 saturated heterocycles. The SMILES string of the molecule is CCS(=O)(=O)c1ccc(NCC(C)CN2CCCC2)cc1. The Balaban J connectivity index is 1.83. The van der Waals surface area contributed by atoms with Crippen LogP contribution in [0.25, 0.3) is 0 Å². The Labute approximate surface area is 128 Å². The lowest BCUT2D eigenvalue weighted by atomic mass is 10.1. The predicted octanol–water partition coefficient (Wildman–Crippen LogP) is 2.62. The summed E-state index contributed by atoms with van der Waals surface area (Å²) in [4.78, 5) is 2.92. The van der Waals surface area contributed by atoms with Gasteiger partial charge in [0.1, 0.15) is 0 Å². The van der Waals surface area contributed by atoms with E-state index in [1.165, 1.54) is 25.9 Å². The summed E-state index contributed by atoms with van der Waals surface area (Å²) in [6.45, 7) is 8.43. The number of sulfone groups is 1. The van der Waals surface area contributed by atoms with Gasteiger partial charge in [0.25, 0.3) is 0 Å². The van der Waals surface area contributed by atoms with E-state index in [4.69, 9.17) is 0 Å².